The van der Waals surface area contributed by atoms with Crippen molar-refractivity contribution >= 4 is 5.69 Å². The zero-order valence-electron chi connectivity index (χ0n) is 13.5. The van der Waals surface area contributed by atoms with Gasteiger partial charge in [0.05, 0.1) is 5.69 Å². The van der Waals surface area contributed by atoms with E-state index in [4.69, 9.17) is 0 Å². The first-order chi connectivity index (χ1) is 10.2. The van der Waals surface area contributed by atoms with Crippen LogP contribution in [0.4, 0.5) is 5.69 Å². The zero-order chi connectivity index (χ0) is 15.2. The SMILES string of the molecule is CCC(C)CC(CC)Nc1cccnc1-n1ccnc1C. The molecule has 0 amide bonds. The average Bonchev–Trinajstić information content (AvgIpc) is 2.92. The Morgan fingerprint density at radius 1 is 1.19 bits per heavy atom. The number of imidazole rings is 1. The standard InChI is InChI=1S/C17H26N4/c1-5-13(3)12-15(6-2)20-16-8-7-9-19-17(16)21-11-10-18-14(21)4/h7-11,13,15,20H,5-6,12H2,1-4H3. The van der Waals surface area contributed by atoms with Crippen LogP contribution in [0, 0.1) is 12.8 Å². The molecule has 0 aliphatic heterocycles. The van der Waals surface area contributed by atoms with Crippen LogP contribution in [-0.4, -0.2) is 20.6 Å². The first kappa shape index (κ1) is 15.5. The van der Waals surface area contributed by atoms with Crippen molar-refractivity contribution in [2.45, 2.75) is 53.0 Å². The van der Waals surface area contributed by atoms with Crippen molar-refractivity contribution < 1.29 is 0 Å². The van der Waals surface area contributed by atoms with Crippen LogP contribution in [0.2, 0.25) is 0 Å². The Labute approximate surface area is 127 Å². The first-order valence-corrected chi connectivity index (χ1v) is 7.87. The molecule has 0 spiro atoms. The van der Waals surface area contributed by atoms with Crippen molar-refractivity contribution in [2.75, 3.05) is 5.32 Å². The van der Waals surface area contributed by atoms with E-state index in [1.54, 1.807) is 0 Å². The van der Waals surface area contributed by atoms with Gasteiger partial charge in [0.25, 0.3) is 0 Å². The number of pyridine rings is 1. The van der Waals surface area contributed by atoms with Gasteiger partial charge in [-0.05, 0) is 37.8 Å². The Balaban J connectivity index is 2.22. The summed E-state index contributed by atoms with van der Waals surface area (Å²) < 4.78 is 2.03. The summed E-state index contributed by atoms with van der Waals surface area (Å²) in [5, 5.41) is 3.67. The van der Waals surface area contributed by atoms with E-state index in [-0.39, 0.29) is 0 Å². The van der Waals surface area contributed by atoms with Crippen molar-refractivity contribution in [1.29, 1.82) is 0 Å². The summed E-state index contributed by atoms with van der Waals surface area (Å²) in [6.45, 7) is 8.80. The maximum atomic E-state index is 4.53. The van der Waals surface area contributed by atoms with E-state index in [1.807, 2.05) is 36.1 Å². The lowest BCUT2D eigenvalue weighted by atomic mass is 9.97. The molecule has 2 aromatic heterocycles. The number of nitrogens with one attached hydrogen (secondary N) is 1. The van der Waals surface area contributed by atoms with E-state index in [0.717, 1.165) is 29.7 Å². The van der Waals surface area contributed by atoms with E-state index >= 15 is 0 Å². The van der Waals surface area contributed by atoms with Crippen LogP contribution < -0.4 is 5.32 Å². The molecule has 2 unspecified atom stereocenters. The molecule has 2 atom stereocenters. The Hall–Kier alpha value is -1.84. The van der Waals surface area contributed by atoms with Crippen molar-refractivity contribution in [3.8, 4) is 5.82 Å². The third kappa shape index (κ3) is 3.84. The Kier molecular flexibility index (Phi) is 5.37. The molecule has 0 aromatic carbocycles. The molecule has 21 heavy (non-hydrogen) atoms. The van der Waals surface area contributed by atoms with Gasteiger partial charge >= 0.3 is 0 Å². The molecular formula is C17H26N4. The summed E-state index contributed by atoms with van der Waals surface area (Å²) in [5.41, 5.74) is 1.08. The molecule has 4 heteroatoms. The highest BCUT2D eigenvalue weighted by Crippen LogP contribution is 2.22. The average molecular weight is 286 g/mol. The minimum Gasteiger partial charge on any atom is -0.379 e. The summed E-state index contributed by atoms with van der Waals surface area (Å²) in [6, 6.07) is 4.56. The molecule has 2 rings (SSSR count). The van der Waals surface area contributed by atoms with Gasteiger partial charge in [0.1, 0.15) is 5.82 Å². The van der Waals surface area contributed by atoms with Gasteiger partial charge in [0, 0.05) is 24.6 Å². The molecule has 0 saturated carbocycles. The fraction of sp³-hybridized carbons (Fsp3) is 0.529. The third-order valence-corrected chi connectivity index (χ3v) is 4.08. The molecule has 0 aliphatic rings. The molecule has 0 aliphatic carbocycles. The highest BCUT2D eigenvalue weighted by molar-refractivity contribution is 5.57. The molecule has 2 heterocycles. The summed E-state index contributed by atoms with van der Waals surface area (Å²) in [7, 11) is 0. The summed E-state index contributed by atoms with van der Waals surface area (Å²) in [5.74, 6) is 2.61. The van der Waals surface area contributed by atoms with Crippen molar-refractivity contribution in [2.24, 2.45) is 5.92 Å². The summed E-state index contributed by atoms with van der Waals surface area (Å²) in [4.78, 5) is 8.82. The second-order valence-electron chi connectivity index (χ2n) is 5.72. The monoisotopic (exact) mass is 286 g/mol. The van der Waals surface area contributed by atoms with Gasteiger partial charge in [-0.25, -0.2) is 9.97 Å². The molecule has 0 fully saturated rings. The number of aryl methyl sites for hydroxylation is 1. The van der Waals surface area contributed by atoms with Crippen molar-refractivity contribution in [3.63, 3.8) is 0 Å². The van der Waals surface area contributed by atoms with Crippen LogP contribution in [0.3, 0.4) is 0 Å². The van der Waals surface area contributed by atoms with Crippen molar-refractivity contribution in [3.05, 3.63) is 36.5 Å². The summed E-state index contributed by atoms with van der Waals surface area (Å²) >= 11 is 0. The third-order valence-electron chi connectivity index (χ3n) is 4.08. The molecule has 0 radical (unpaired) electrons. The smallest absolute Gasteiger partial charge is 0.161 e. The highest BCUT2D eigenvalue weighted by atomic mass is 15.1. The quantitative estimate of drug-likeness (QED) is 0.829. The lowest BCUT2D eigenvalue weighted by Gasteiger charge is -2.23. The van der Waals surface area contributed by atoms with Crippen LogP contribution in [0.5, 0.6) is 0 Å². The molecule has 0 bridgehead atoms. The van der Waals surface area contributed by atoms with E-state index in [9.17, 15) is 0 Å². The maximum Gasteiger partial charge on any atom is 0.161 e. The summed E-state index contributed by atoms with van der Waals surface area (Å²) in [6.07, 6.45) is 9.11. The van der Waals surface area contributed by atoms with Crippen LogP contribution in [0.15, 0.2) is 30.7 Å². The van der Waals surface area contributed by atoms with Crippen molar-refractivity contribution in [1.82, 2.24) is 14.5 Å². The van der Waals surface area contributed by atoms with Crippen LogP contribution in [0.25, 0.3) is 5.82 Å². The number of hydrogen-bond donors (Lipinski definition) is 1. The number of nitrogens with zero attached hydrogens (tertiary/aromatic N) is 3. The van der Waals surface area contributed by atoms with Crippen LogP contribution in [0.1, 0.15) is 45.9 Å². The predicted molar refractivity (Wildman–Crippen MR) is 87.9 cm³/mol. The van der Waals surface area contributed by atoms with Gasteiger partial charge in [-0.2, -0.15) is 0 Å². The van der Waals surface area contributed by atoms with Crippen LogP contribution in [-0.2, 0) is 0 Å². The van der Waals surface area contributed by atoms with Gasteiger partial charge < -0.3 is 5.32 Å². The molecule has 114 valence electrons. The highest BCUT2D eigenvalue weighted by Gasteiger charge is 2.14. The second kappa shape index (κ2) is 7.25. The maximum absolute atomic E-state index is 4.53. The van der Waals surface area contributed by atoms with E-state index in [2.05, 4.69) is 42.1 Å². The molecule has 0 saturated heterocycles. The lowest BCUT2D eigenvalue weighted by molar-refractivity contribution is 0.461. The largest absolute Gasteiger partial charge is 0.379 e. The number of aromatic nitrogens is 3. The van der Waals surface area contributed by atoms with Crippen LogP contribution >= 0.6 is 0 Å². The number of rotatable bonds is 7. The topological polar surface area (TPSA) is 42.7 Å². The van der Waals surface area contributed by atoms with Gasteiger partial charge in [-0.3, -0.25) is 4.57 Å². The first-order valence-electron chi connectivity index (χ1n) is 7.87. The second-order valence-corrected chi connectivity index (χ2v) is 5.72. The normalized spacial score (nSPS) is 13.9. The van der Waals surface area contributed by atoms with E-state index in [0.29, 0.717) is 6.04 Å². The minimum atomic E-state index is 0.478. The Bertz CT molecular complexity index is 561. The fourth-order valence-corrected chi connectivity index (χ4v) is 2.50. The Morgan fingerprint density at radius 3 is 2.62 bits per heavy atom. The number of hydrogen-bond acceptors (Lipinski definition) is 3. The fourth-order valence-electron chi connectivity index (χ4n) is 2.50. The van der Waals surface area contributed by atoms with Gasteiger partial charge in [-0.1, -0.05) is 27.2 Å². The zero-order valence-corrected chi connectivity index (χ0v) is 13.5. The molecule has 2 aromatic rings. The van der Waals surface area contributed by atoms with E-state index in [1.165, 1.54) is 12.8 Å². The lowest BCUT2D eigenvalue weighted by Crippen LogP contribution is -2.22. The minimum absolute atomic E-state index is 0.478. The molecule has 1 N–H and O–H groups in total. The number of anilines is 1. The predicted octanol–water partition coefficient (Wildman–Crippen LogP) is 4.20. The van der Waals surface area contributed by atoms with Gasteiger partial charge in [-0.15, -0.1) is 0 Å². The molecule has 4 nitrogen and oxygen atoms in total. The Morgan fingerprint density at radius 2 is 2.00 bits per heavy atom. The van der Waals surface area contributed by atoms with Gasteiger partial charge in [0.15, 0.2) is 5.82 Å². The van der Waals surface area contributed by atoms with E-state index < -0.39 is 0 Å². The van der Waals surface area contributed by atoms with Gasteiger partial charge in [0.2, 0.25) is 0 Å². The molecular weight excluding hydrogens is 260 g/mol.